The first-order valence-corrected chi connectivity index (χ1v) is 9.78. The lowest BCUT2D eigenvalue weighted by Gasteiger charge is -2.10. The van der Waals surface area contributed by atoms with Crippen molar-refractivity contribution < 1.29 is 8.42 Å². The second-order valence-corrected chi connectivity index (χ2v) is 8.16. The van der Waals surface area contributed by atoms with Crippen molar-refractivity contribution in [2.75, 3.05) is 10.0 Å². The molecular formula is C15H11BrClN5O2S. The fourth-order valence-electron chi connectivity index (χ4n) is 2.27. The van der Waals surface area contributed by atoms with Crippen LogP contribution in [-0.4, -0.2) is 14.4 Å². The summed E-state index contributed by atoms with van der Waals surface area (Å²) in [6.07, 6.45) is 1.80. The van der Waals surface area contributed by atoms with Crippen LogP contribution in [0.5, 0.6) is 0 Å². The Kier molecular flexibility index (Phi) is 4.85. The van der Waals surface area contributed by atoms with Crippen molar-refractivity contribution in [3.05, 3.63) is 51.5 Å². The van der Waals surface area contributed by atoms with Crippen molar-refractivity contribution in [1.82, 2.24) is 5.32 Å². The van der Waals surface area contributed by atoms with E-state index in [1.54, 1.807) is 30.5 Å². The number of hydrogen-bond acceptors (Lipinski definition) is 4. The summed E-state index contributed by atoms with van der Waals surface area (Å²) in [5.41, 5.74) is 1.84. The van der Waals surface area contributed by atoms with Crippen molar-refractivity contribution in [2.45, 2.75) is 5.75 Å². The van der Waals surface area contributed by atoms with Crippen LogP contribution >= 0.6 is 27.5 Å². The number of hydrogen-bond donors (Lipinski definition) is 3. The maximum Gasteiger partial charge on any atom is 0.237 e. The molecule has 0 fully saturated rings. The van der Waals surface area contributed by atoms with Gasteiger partial charge in [0.1, 0.15) is 0 Å². The molecule has 1 aliphatic heterocycles. The van der Waals surface area contributed by atoms with Crippen LogP contribution in [0.1, 0.15) is 5.56 Å². The number of aliphatic imine (C=N–C) groups is 1. The van der Waals surface area contributed by atoms with Crippen molar-refractivity contribution in [3.8, 4) is 6.19 Å². The molecule has 3 rings (SSSR count). The first kappa shape index (κ1) is 17.5. The van der Waals surface area contributed by atoms with Gasteiger partial charge in [0.05, 0.1) is 17.1 Å². The maximum absolute atomic E-state index is 11.8. The molecular weight excluding hydrogens is 430 g/mol. The quantitative estimate of drug-likeness (QED) is 0.287. The highest BCUT2D eigenvalue weighted by atomic mass is 79.9. The van der Waals surface area contributed by atoms with E-state index in [0.29, 0.717) is 27.6 Å². The van der Waals surface area contributed by atoms with Crippen LogP contribution in [0.15, 0.2) is 45.9 Å². The van der Waals surface area contributed by atoms with Gasteiger partial charge in [-0.2, -0.15) is 5.26 Å². The average Bonchev–Trinajstić information content (AvgIpc) is 2.89. The largest absolute Gasteiger partial charge is 0.325 e. The van der Waals surface area contributed by atoms with E-state index in [4.69, 9.17) is 16.9 Å². The highest BCUT2D eigenvalue weighted by Crippen LogP contribution is 2.40. The van der Waals surface area contributed by atoms with E-state index >= 15 is 0 Å². The van der Waals surface area contributed by atoms with Crippen LogP contribution in [0, 0.1) is 11.5 Å². The van der Waals surface area contributed by atoms with Crippen molar-refractivity contribution >= 4 is 60.6 Å². The Bertz CT molecular complexity index is 1000. The second kappa shape index (κ2) is 6.92. The summed E-state index contributed by atoms with van der Waals surface area (Å²) in [5.74, 6) is -0.0495. The Morgan fingerprint density at radius 3 is 2.68 bits per heavy atom. The lowest BCUT2D eigenvalue weighted by Crippen LogP contribution is -2.26. The Hall–Kier alpha value is -2.28. The number of nitriles is 1. The first-order chi connectivity index (χ1) is 11.9. The van der Waals surface area contributed by atoms with E-state index in [0.717, 1.165) is 4.47 Å². The second-order valence-electron chi connectivity index (χ2n) is 5.11. The molecule has 128 valence electrons. The van der Waals surface area contributed by atoms with E-state index in [-0.39, 0.29) is 11.7 Å². The third-order valence-corrected chi connectivity index (χ3v) is 5.41. The highest BCUT2D eigenvalue weighted by molar-refractivity contribution is 9.10. The van der Waals surface area contributed by atoms with Crippen LogP contribution in [0.25, 0.3) is 0 Å². The van der Waals surface area contributed by atoms with Gasteiger partial charge in [-0.15, -0.1) is 0 Å². The Morgan fingerprint density at radius 2 is 2.00 bits per heavy atom. The van der Waals surface area contributed by atoms with Crippen molar-refractivity contribution in [3.63, 3.8) is 0 Å². The van der Waals surface area contributed by atoms with Gasteiger partial charge in [0.25, 0.3) is 0 Å². The zero-order valence-corrected chi connectivity index (χ0v) is 15.7. The van der Waals surface area contributed by atoms with Crippen molar-refractivity contribution in [1.29, 1.82) is 5.26 Å². The minimum atomic E-state index is -3.48. The summed E-state index contributed by atoms with van der Waals surface area (Å²) in [7, 11) is -3.48. The fraction of sp³-hybridized carbons (Fsp3) is 0.0667. The predicted molar refractivity (Wildman–Crippen MR) is 101 cm³/mol. The number of halogens is 2. The number of fused-ring (bicyclic) bond motifs is 1. The third-order valence-electron chi connectivity index (χ3n) is 3.34. The molecule has 7 nitrogen and oxygen atoms in total. The summed E-state index contributed by atoms with van der Waals surface area (Å²) >= 11 is 9.41. The summed E-state index contributed by atoms with van der Waals surface area (Å²) < 4.78 is 27.0. The molecule has 0 atom stereocenters. The molecule has 0 bridgehead atoms. The number of sulfonamides is 1. The van der Waals surface area contributed by atoms with Crippen LogP contribution in [0.2, 0.25) is 5.02 Å². The Balaban J connectivity index is 1.98. The van der Waals surface area contributed by atoms with Crippen LogP contribution in [0.4, 0.5) is 17.1 Å². The van der Waals surface area contributed by atoms with E-state index in [9.17, 15) is 8.42 Å². The molecule has 0 aliphatic carbocycles. The Morgan fingerprint density at radius 1 is 1.28 bits per heavy atom. The van der Waals surface area contributed by atoms with Gasteiger partial charge in [0.15, 0.2) is 6.19 Å². The van der Waals surface area contributed by atoms with Crippen LogP contribution in [-0.2, 0) is 15.8 Å². The molecule has 10 heteroatoms. The molecule has 0 aromatic heterocycles. The molecule has 2 aromatic rings. The predicted octanol–water partition coefficient (Wildman–Crippen LogP) is 3.53. The summed E-state index contributed by atoms with van der Waals surface area (Å²) in [6.45, 7) is 0. The van der Waals surface area contributed by atoms with E-state index in [2.05, 4.69) is 36.3 Å². The summed E-state index contributed by atoms with van der Waals surface area (Å²) in [5, 5.41) is 14.7. The molecule has 0 amide bonds. The van der Waals surface area contributed by atoms with E-state index in [1.807, 2.05) is 12.1 Å². The molecule has 25 heavy (non-hydrogen) atoms. The van der Waals surface area contributed by atoms with Crippen molar-refractivity contribution in [2.24, 2.45) is 4.99 Å². The van der Waals surface area contributed by atoms with Gasteiger partial charge in [-0.1, -0.05) is 27.5 Å². The number of anilines is 2. The monoisotopic (exact) mass is 439 g/mol. The van der Waals surface area contributed by atoms with Gasteiger partial charge in [0.2, 0.25) is 16.0 Å². The van der Waals surface area contributed by atoms with Gasteiger partial charge in [-0.25, -0.2) is 13.4 Å². The highest BCUT2D eigenvalue weighted by Gasteiger charge is 2.28. The minimum absolute atomic E-state index is 0.153. The molecule has 0 saturated heterocycles. The van der Waals surface area contributed by atoms with E-state index in [1.165, 1.54) is 0 Å². The molecule has 0 unspecified atom stereocenters. The number of benzene rings is 2. The van der Waals surface area contributed by atoms with Crippen LogP contribution < -0.4 is 15.4 Å². The van der Waals surface area contributed by atoms with Gasteiger partial charge in [0, 0.05) is 20.7 Å². The van der Waals surface area contributed by atoms with Gasteiger partial charge >= 0.3 is 0 Å². The summed E-state index contributed by atoms with van der Waals surface area (Å²) in [4.78, 5) is 4.32. The number of nitrogens with one attached hydrogen (secondary N) is 3. The number of guanidine groups is 1. The fourth-order valence-corrected chi connectivity index (χ4v) is 4.13. The SMILES string of the molecule is N#CNC(=Nc1ccc(Cl)c2c1NS(=O)(=O)C2)Nc1ccc(Br)cc1. The molecule has 2 aromatic carbocycles. The van der Waals surface area contributed by atoms with Gasteiger partial charge in [-0.3, -0.25) is 10.0 Å². The molecule has 3 N–H and O–H groups in total. The van der Waals surface area contributed by atoms with Crippen LogP contribution in [0.3, 0.4) is 0 Å². The Labute approximate surface area is 157 Å². The maximum atomic E-state index is 11.8. The molecule has 0 radical (unpaired) electrons. The lowest BCUT2D eigenvalue weighted by atomic mass is 10.2. The molecule has 1 aliphatic rings. The standard InChI is InChI=1S/C15H11BrClN5O2S/c16-9-1-3-10(4-2-9)20-15(19-8-18)21-13-6-5-12(17)11-7-25(23,24)22-14(11)13/h1-6,22H,7H2,(H2,19,20,21). The van der Waals surface area contributed by atoms with Gasteiger partial charge in [-0.05, 0) is 36.4 Å². The normalized spacial score (nSPS) is 15.0. The zero-order valence-electron chi connectivity index (χ0n) is 12.5. The average molecular weight is 441 g/mol. The zero-order chi connectivity index (χ0) is 18.0. The number of nitrogens with zero attached hydrogens (tertiary/aromatic N) is 2. The third kappa shape index (κ3) is 4.04. The summed E-state index contributed by atoms with van der Waals surface area (Å²) in [6, 6.07) is 10.4. The molecule has 0 spiro atoms. The van der Waals surface area contributed by atoms with Gasteiger partial charge < -0.3 is 5.32 Å². The molecule has 1 heterocycles. The first-order valence-electron chi connectivity index (χ1n) is 6.96. The molecule has 0 saturated carbocycles. The minimum Gasteiger partial charge on any atom is -0.325 e. The smallest absolute Gasteiger partial charge is 0.237 e. The van der Waals surface area contributed by atoms with E-state index < -0.39 is 10.0 Å². The lowest BCUT2D eigenvalue weighted by molar-refractivity contribution is 0.602. The number of rotatable bonds is 2. The topological polar surface area (TPSA) is 106 Å².